The van der Waals surface area contributed by atoms with E-state index in [1.165, 1.54) is 6.20 Å². The van der Waals surface area contributed by atoms with E-state index in [0.717, 1.165) is 32.2 Å². The molecule has 1 N–H and O–H groups in total. The van der Waals surface area contributed by atoms with E-state index in [1.807, 2.05) is 4.90 Å². The highest BCUT2D eigenvalue weighted by Crippen LogP contribution is 2.20. The van der Waals surface area contributed by atoms with E-state index in [2.05, 4.69) is 16.6 Å². The van der Waals surface area contributed by atoms with Gasteiger partial charge in [0.05, 0.1) is 0 Å². The fourth-order valence-corrected chi connectivity index (χ4v) is 3.99. The van der Waals surface area contributed by atoms with Crippen LogP contribution in [-0.4, -0.2) is 47.9 Å². The Morgan fingerprint density at radius 1 is 1.43 bits per heavy atom. The molecule has 1 amide bonds. The highest BCUT2D eigenvalue weighted by Gasteiger charge is 2.25. The van der Waals surface area contributed by atoms with Crippen molar-refractivity contribution >= 4 is 15.9 Å². The molecule has 1 aromatic heterocycles. The normalized spacial score (nSPS) is 19.1. The minimum atomic E-state index is -3.66. The number of sulfonamides is 1. The molecule has 1 aromatic rings. The number of nitrogens with zero attached hydrogens (tertiary/aromatic N) is 3. The van der Waals surface area contributed by atoms with Gasteiger partial charge in [-0.05, 0) is 32.6 Å². The predicted molar refractivity (Wildman–Crippen MR) is 87.4 cm³/mol. The van der Waals surface area contributed by atoms with Crippen molar-refractivity contribution in [3.8, 4) is 0 Å². The van der Waals surface area contributed by atoms with Crippen LogP contribution in [0, 0.1) is 6.92 Å². The molecule has 130 valence electrons. The van der Waals surface area contributed by atoms with Gasteiger partial charge in [-0.2, -0.15) is 0 Å². The molecule has 1 aliphatic rings. The molecule has 1 atom stereocenters. The largest absolute Gasteiger partial charge is 0.340 e. The summed E-state index contributed by atoms with van der Waals surface area (Å²) in [5, 5.41) is -0.00523. The van der Waals surface area contributed by atoms with Crippen molar-refractivity contribution in [1.82, 2.24) is 19.2 Å². The number of piperidine rings is 1. The summed E-state index contributed by atoms with van der Waals surface area (Å²) >= 11 is 0. The number of imidazole rings is 1. The van der Waals surface area contributed by atoms with Crippen LogP contribution in [0.25, 0.3) is 0 Å². The molecule has 1 saturated heterocycles. The lowest BCUT2D eigenvalue weighted by Crippen LogP contribution is -2.44. The number of hydrogen-bond donors (Lipinski definition) is 1. The first-order chi connectivity index (χ1) is 10.8. The van der Waals surface area contributed by atoms with Gasteiger partial charge in [-0.1, -0.05) is 6.92 Å². The van der Waals surface area contributed by atoms with E-state index in [1.54, 1.807) is 18.5 Å². The molecular formula is C15H26N4O3S. The van der Waals surface area contributed by atoms with Crippen LogP contribution in [0.5, 0.6) is 0 Å². The monoisotopic (exact) mass is 342 g/mol. The molecule has 0 bridgehead atoms. The van der Waals surface area contributed by atoms with Crippen molar-refractivity contribution in [1.29, 1.82) is 0 Å². The fraction of sp³-hybridized carbons (Fsp3) is 0.733. The Morgan fingerprint density at radius 3 is 2.78 bits per heavy atom. The van der Waals surface area contributed by atoms with Gasteiger partial charge in [-0.3, -0.25) is 4.79 Å². The second kappa shape index (κ2) is 7.44. The predicted octanol–water partition coefficient (Wildman–Crippen LogP) is 1.19. The average molecular weight is 342 g/mol. The van der Waals surface area contributed by atoms with E-state index in [0.29, 0.717) is 11.9 Å². The van der Waals surface area contributed by atoms with E-state index >= 15 is 0 Å². The number of carbonyl (C=O) groups excluding carboxylic acids is 1. The fourth-order valence-electron chi connectivity index (χ4n) is 2.92. The van der Waals surface area contributed by atoms with Crippen LogP contribution in [-0.2, 0) is 21.9 Å². The van der Waals surface area contributed by atoms with Gasteiger partial charge in [0.2, 0.25) is 5.91 Å². The Hall–Kier alpha value is -1.41. The first-order valence-corrected chi connectivity index (χ1v) is 9.62. The molecule has 0 aromatic carbocycles. The summed E-state index contributed by atoms with van der Waals surface area (Å²) in [6.07, 6.45) is 5.83. The van der Waals surface area contributed by atoms with E-state index < -0.39 is 10.0 Å². The van der Waals surface area contributed by atoms with Crippen LogP contribution in [0.1, 0.15) is 44.9 Å². The summed E-state index contributed by atoms with van der Waals surface area (Å²) in [5.41, 5.74) is 0. The number of aromatic nitrogens is 2. The van der Waals surface area contributed by atoms with E-state index in [-0.39, 0.29) is 23.9 Å². The van der Waals surface area contributed by atoms with Crippen LogP contribution in [0.15, 0.2) is 11.2 Å². The summed E-state index contributed by atoms with van der Waals surface area (Å²) < 4.78 is 28.4. The quantitative estimate of drug-likeness (QED) is 0.841. The molecular weight excluding hydrogens is 316 g/mol. The lowest BCUT2D eigenvalue weighted by molar-refractivity contribution is -0.134. The number of likely N-dealkylation sites (tertiary alicyclic amines) is 1. The molecule has 0 radical (unpaired) electrons. The summed E-state index contributed by atoms with van der Waals surface area (Å²) in [7, 11) is -1.92. The van der Waals surface area contributed by atoms with Gasteiger partial charge >= 0.3 is 0 Å². The zero-order valence-corrected chi connectivity index (χ0v) is 14.9. The van der Waals surface area contributed by atoms with Crippen molar-refractivity contribution in [2.75, 3.05) is 13.1 Å². The molecule has 2 rings (SSSR count). The highest BCUT2D eigenvalue weighted by molar-refractivity contribution is 7.89. The lowest BCUT2D eigenvalue weighted by atomic mass is 9.99. The molecule has 1 aliphatic heterocycles. The third-order valence-corrected chi connectivity index (χ3v) is 5.74. The van der Waals surface area contributed by atoms with Crippen LogP contribution in [0.2, 0.25) is 0 Å². The molecule has 0 aliphatic carbocycles. The van der Waals surface area contributed by atoms with Gasteiger partial charge in [0, 0.05) is 38.8 Å². The Morgan fingerprint density at radius 2 is 2.17 bits per heavy atom. The van der Waals surface area contributed by atoms with E-state index in [9.17, 15) is 13.2 Å². The molecule has 0 spiro atoms. The number of amides is 1. The number of hydrogen-bond acceptors (Lipinski definition) is 4. The van der Waals surface area contributed by atoms with Crippen LogP contribution >= 0.6 is 0 Å². The maximum Gasteiger partial charge on any atom is 0.259 e. The van der Waals surface area contributed by atoms with Crippen LogP contribution in [0.3, 0.4) is 0 Å². The van der Waals surface area contributed by atoms with Crippen LogP contribution in [0.4, 0.5) is 0 Å². The van der Waals surface area contributed by atoms with Crippen molar-refractivity contribution in [2.45, 2.75) is 57.0 Å². The molecule has 2 heterocycles. The topological polar surface area (TPSA) is 84.3 Å². The summed E-state index contributed by atoms with van der Waals surface area (Å²) in [4.78, 5) is 18.2. The maximum atomic E-state index is 12.3. The number of rotatable bonds is 6. The van der Waals surface area contributed by atoms with Crippen molar-refractivity contribution < 1.29 is 13.2 Å². The van der Waals surface area contributed by atoms with Crippen LogP contribution < -0.4 is 4.72 Å². The number of nitrogens with one attached hydrogen (secondary N) is 1. The Balaban J connectivity index is 1.89. The number of carbonyl (C=O) groups is 1. The molecule has 0 saturated carbocycles. The third-order valence-electron chi connectivity index (χ3n) is 4.41. The van der Waals surface area contributed by atoms with Crippen molar-refractivity contribution in [3.05, 3.63) is 12.0 Å². The molecule has 7 nitrogen and oxygen atoms in total. The Bertz CT molecular complexity index is 634. The second-order valence-electron chi connectivity index (χ2n) is 6.03. The van der Waals surface area contributed by atoms with Crippen molar-refractivity contribution in [2.24, 2.45) is 7.05 Å². The average Bonchev–Trinajstić information content (AvgIpc) is 2.87. The first-order valence-electron chi connectivity index (χ1n) is 8.14. The lowest BCUT2D eigenvalue weighted by Gasteiger charge is -2.35. The third kappa shape index (κ3) is 4.32. The number of aryl methyl sites for hydroxylation is 2. The Kier molecular flexibility index (Phi) is 5.80. The molecule has 0 unspecified atom stereocenters. The summed E-state index contributed by atoms with van der Waals surface area (Å²) in [6, 6.07) is 0.297. The van der Waals surface area contributed by atoms with Gasteiger partial charge in [-0.25, -0.2) is 18.1 Å². The van der Waals surface area contributed by atoms with E-state index in [4.69, 9.17) is 0 Å². The minimum absolute atomic E-state index is 0.00523. The van der Waals surface area contributed by atoms with Gasteiger partial charge in [-0.15, -0.1) is 0 Å². The molecule has 8 heteroatoms. The molecule has 1 fully saturated rings. The van der Waals surface area contributed by atoms with Gasteiger partial charge in [0.15, 0.2) is 5.03 Å². The zero-order chi connectivity index (χ0) is 17.0. The zero-order valence-electron chi connectivity index (χ0n) is 14.1. The summed E-state index contributed by atoms with van der Waals surface area (Å²) in [5.74, 6) is 0.650. The van der Waals surface area contributed by atoms with Gasteiger partial charge < -0.3 is 9.47 Å². The summed E-state index contributed by atoms with van der Waals surface area (Å²) in [6.45, 7) is 4.71. The standard InChI is InChI=1S/C15H26N4O3S/c1-4-13-7-5-6-10-19(13)15(20)8-9-16-23(21,22)14-11-18(3)12(2)17-14/h11,13,16H,4-10H2,1-3H3/t13-/m1/s1. The van der Waals surface area contributed by atoms with Gasteiger partial charge in [0.1, 0.15) is 5.82 Å². The van der Waals surface area contributed by atoms with Gasteiger partial charge in [0.25, 0.3) is 10.0 Å². The second-order valence-corrected chi connectivity index (χ2v) is 7.74. The minimum Gasteiger partial charge on any atom is -0.340 e. The maximum absolute atomic E-state index is 12.3. The smallest absolute Gasteiger partial charge is 0.259 e. The molecule has 23 heavy (non-hydrogen) atoms. The van der Waals surface area contributed by atoms with Crippen molar-refractivity contribution in [3.63, 3.8) is 0 Å². The first kappa shape index (κ1) is 17.9. The SMILES string of the molecule is CC[C@@H]1CCCCN1C(=O)CCNS(=O)(=O)c1cn(C)c(C)n1. The highest BCUT2D eigenvalue weighted by atomic mass is 32.2. The Labute approximate surface area is 138 Å².